The molecule has 4 nitrogen and oxygen atoms in total. The highest BCUT2D eigenvalue weighted by Crippen LogP contribution is 2.44. The first-order chi connectivity index (χ1) is 25.3. The second-order valence-corrected chi connectivity index (χ2v) is 12.8. The second-order valence-electron chi connectivity index (χ2n) is 12.8. The van der Waals surface area contributed by atoms with Gasteiger partial charge in [0, 0.05) is 38.8 Å². The molecule has 8 aromatic carbocycles. The van der Waals surface area contributed by atoms with Gasteiger partial charge in [-0.25, -0.2) is 4.98 Å². The number of anilines is 3. The largest absolute Gasteiger partial charge is 0.435 e. The summed E-state index contributed by atoms with van der Waals surface area (Å²) in [4.78, 5) is 7.14. The highest BCUT2D eigenvalue weighted by atomic mass is 16.3. The Hall–Kier alpha value is -6.91. The molecule has 0 radical (unpaired) electrons. The van der Waals surface area contributed by atoms with Crippen molar-refractivity contribution in [3.05, 3.63) is 188 Å². The van der Waals surface area contributed by atoms with Crippen molar-refractivity contribution in [3.63, 3.8) is 0 Å². The Morgan fingerprint density at radius 3 is 1.94 bits per heavy atom. The van der Waals surface area contributed by atoms with E-state index in [9.17, 15) is 0 Å². The van der Waals surface area contributed by atoms with Crippen molar-refractivity contribution in [1.29, 1.82) is 0 Å². The Morgan fingerprint density at radius 1 is 0.471 bits per heavy atom. The van der Waals surface area contributed by atoms with Gasteiger partial charge in [-0.05, 0) is 101 Å². The molecule has 0 spiro atoms. The molecule has 10 rings (SSSR count). The molecule has 0 aliphatic rings. The summed E-state index contributed by atoms with van der Waals surface area (Å²) in [6.45, 7) is 0. The van der Waals surface area contributed by atoms with E-state index in [0.29, 0.717) is 5.89 Å². The maximum Gasteiger partial charge on any atom is 0.227 e. The van der Waals surface area contributed by atoms with E-state index in [1.165, 1.54) is 21.8 Å². The fraction of sp³-hybridized carbons (Fsp3) is 0. The molecule has 2 aromatic heterocycles. The summed E-state index contributed by atoms with van der Waals surface area (Å²) in [5, 5.41) is 4.61. The monoisotopic (exact) mass is 653 g/mol. The molecule has 10 aromatic rings. The van der Waals surface area contributed by atoms with Crippen molar-refractivity contribution in [2.45, 2.75) is 0 Å². The van der Waals surface area contributed by atoms with E-state index < -0.39 is 0 Å². The molecule has 0 fully saturated rings. The zero-order chi connectivity index (χ0) is 33.7. The van der Waals surface area contributed by atoms with Crippen molar-refractivity contribution in [2.24, 2.45) is 0 Å². The predicted molar refractivity (Wildman–Crippen MR) is 211 cm³/mol. The standard InChI is InChI=1S/C47H31N3O/c1-4-13-33(14-5-1)47-48-41-30-26-35-31-34(25-29-39(35)46(41)51-47)32-23-27-38(28-24-32)49(36-15-6-2-7-16-36)43-21-12-22-44-45(43)40-19-10-11-20-42(40)50(44)37-17-8-3-9-18-37/h1-31H. The minimum Gasteiger partial charge on any atom is -0.435 e. The van der Waals surface area contributed by atoms with E-state index in [-0.39, 0.29) is 0 Å². The van der Waals surface area contributed by atoms with Gasteiger partial charge in [-0.3, -0.25) is 0 Å². The van der Waals surface area contributed by atoms with Gasteiger partial charge in [-0.2, -0.15) is 0 Å². The molecule has 4 heteroatoms. The normalized spacial score (nSPS) is 11.5. The Morgan fingerprint density at radius 2 is 1.14 bits per heavy atom. The van der Waals surface area contributed by atoms with E-state index in [0.717, 1.165) is 61.3 Å². The minimum absolute atomic E-state index is 0.640. The van der Waals surface area contributed by atoms with Gasteiger partial charge in [0.05, 0.1) is 16.7 Å². The smallest absolute Gasteiger partial charge is 0.227 e. The third-order valence-electron chi connectivity index (χ3n) is 9.80. The summed E-state index contributed by atoms with van der Waals surface area (Å²) in [5.41, 5.74) is 11.8. The second kappa shape index (κ2) is 11.9. The van der Waals surface area contributed by atoms with Crippen LogP contribution in [0.15, 0.2) is 192 Å². The first kappa shape index (κ1) is 29.0. The fourth-order valence-corrected chi connectivity index (χ4v) is 7.45. The number of para-hydroxylation sites is 3. The summed E-state index contributed by atoms with van der Waals surface area (Å²) in [7, 11) is 0. The number of benzene rings is 8. The first-order valence-electron chi connectivity index (χ1n) is 17.2. The Labute approximate surface area is 295 Å². The summed E-state index contributed by atoms with van der Waals surface area (Å²) in [6.07, 6.45) is 0. The number of nitrogens with zero attached hydrogens (tertiary/aromatic N) is 3. The van der Waals surface area contributed by atoms with Gasteiger partial charge < -0.3 is 13.9 Å². The van der Waals surface area contributed by atoms with E-state index in [1.54, 1.807) is 0 Å². The summed E-state index contributed by atoms with van der Waals surface area (Å²) >= 11 is 0. The predicted octanol–water partition coefficient (Wildman–Crippen LogP) is 12.9. The van der Waals surface area contributed by atoms with Gasteiger partial charge in [-0.15, -0.1) is 0 Å². The van der Waals surface area contributed by atoms with Crippen LogP contribution in [0.3, 0.4) is 0 Å². The molecule has 0 aliphatic heterocycles. The molecular weight excluding hydrogens is 623 g/mol. The lowest BCUT2D eigenvalue weighted by Gasteiger charge is -2.26. The Kier molecular flexibility index (Phi) is 6.78. The van der Waals surface area contributed by atoms with Gasteiger partial charge in [0.2, 0.25) is 5.89 Å². The van der Waals surface area contributed by atoms with Gasteiger partial charge in [0.25, 0.3) is 0 Å². The molecule has 2 heterocycles. The summed E-state index contributed by atoms with van der Waals surface area (Å²) < 4.78 is 8.68. The lowest BCUT2D eigenvalue weighted by molar-refractivity contribution is 0.623. The molecular formula is C47H31N3O. The van der Waals surface area contributed by atoms with Crippen molar-refractivity contribution in [3.8, 4) is 28.3 Å². The van der Waals surface area contributed by atoms with E-state index >= 15 is 0 Å². The van der Waals surface area contributed by atoms with Gasteiger partial charge in [0.15, 0.2) is 5.58 Å². The molecule has 0 aliphatic carbocycles. The van der Waals surface area contributed by atoms with Crippen LogP contribution in [0.2, 0.25) is 0 Å². The van der Waals surface area contributed by atoms with Gasteiger partial charge in [-0.1, -0.05) is 103 Å². The van der Waals surface area contributed by atoms with Crippen LogP contribution in [0.5, 0.6) is 0 Å². The quantitative estimate of drug-likeness (QED) is 0.179. The van der Waals surface area contributed by atoms with Gasteiger partial charge >= 0.3 is 0 Å². The van der Waals surface area contributed by atoms with E-state index in [2.05, 4.69) is 161 Å². The molecule has 0 saturated heterocycles. The van der Waals surface area contributed by atoms with Crippen LogP contribution in [-0.4, -0.2) is 9.55 Å². The van der Waals surface area contributed by atoms with Crippen LogP contribution in [0.25, 0.3) is 71.9 Å². The van der Waals surface area contributed by atoms with Crippen LogP contribution in [0.4, 0.5) is 17.1 Å². The number of oxazole rings is 1. The fourth-order valence-electron chi connectivity index (χ4n) is 7.45. The van der Waals surface area contributed by atoms with Crippen molar-refractivity contribution >= 4 is 60.7 Å². The van der Waals surface area contributed by atoms with Crippen LogP contribution in [0.1, 0.15) is 0 Å². The molecule has 0 amide bonds. The van der Waals surface area contributed by atoms with Crippen LogP contribution < -0.4 is 4.90 Å². The Balaban J connectivity index is 1.08. The van der Waals surface area contributed by atoms with E-state index in [4.69, 9.17) is 9.40 Å². The average molecular weight is 654 g/mol. The zero-order valence-electron chi connectivity index (χ0n) is 27.6. The molecule has 0 bridgehead atoms. The molecule has 0 unspecified atom stereocenters. The van der Waals surface area contributed by atoms with Crippen LogP contribution in [-0.2, 0) is 0 Å². The van der Waals surface area contributed by atoms with Crippen LogP contribution in [0, 0.1) is 0 Å². The minimum atomic E-state index is 0.640. The lowest BCUT2D eigenvalue weighted by atomic mass is 10.00. The first-order valence-corrected chi connectivity index (χ1v) is 17.2. The maximum atomic E-state index is 6.30. The third-order valence-corrected chi connectivity index (χ3v) is 9.80. The van der Waals surface area contributed by atoms with E-state index in [1.807, 2.05) is 36.4 Å². The number of hydrogen-bond donors (Lipinski definition) is 0. The number of aromatic nitrogens is 2. The van der Waals surface area contributed by atoms with Crippen molar-refractivity contribution < 1.29 is 4.42 Å². The van der Waals surface area contributed by atoms with Crippen molar-refractivity contribution in [2.75, 3.05) is 4.90 Å². The number of fused-ring (bicyclic) bond motifs is 6. The molecule has 0 saturated carbocycles. The van der Waals surface area contributed by atoms with Crippen molar-refractivity contribution in [1.82, 2.24) is 9.55 Å². The molecule has 0 atom stereocenters. The summed E-state index contributed by atoms with van der Waals surface area (Å²) in [5.74, 6) is 0.640. The zero-order valence-corrected chi connectivity index (χ0v) is 27.6. The highest BCUT2D eigenvalue weighted by molar-refractivity contribution is 6.16. The molecule has 240 valence electrons. The Bertz CT molecular complexity index is 2840. The maximum absolute atomic E-state index is 6.30. The van der Waals surface area contributed by atoms with Crippen LogP contribution >= 0.6 is 0 Å². The van der Waals surface area contributed by atoms with Gasteiger partial charge in [0.1, 0.15) is 5.52 Å². The number of rotatable bonds is 6. The average Bonchev–Trinajstić information content (AvgIpc) is 3.80. The SMILES string of the molecule is c1ccc(-c2nc3ccc4cc(-c5ccc(N(c6ccccc6)c6cccc7c6c6ccccc6n7-c6ccccc6)cc5)ccc4c3o2)cc1. The number of hydrogen-bond acceptors (Lipinski definition) is 3. The molecule has 0 N–H and O–H groups in total. The highest BCUT2D eigenvalue weighted by Gasteiger charge is 2.21. The summed E-state index contributed by atoms with van der Waals surface area (Å²) in [6, 6.07) is 66.3. The topological polar surface area (TPSA) is 34.2 Å². The lowest BCUT2D eigenvalue weighted by Crippen LogP contribution is -2.10. The third kappa shape index (κ3) is 4.88. The molecule has 51 heavy (non-hydrogen) atoms.